The molecule has 0 saturated carbocycles. The number of amides is 3. The molecule has 3 amide bonds. The fourth-order valence-electron chi connectivity index (χ4n) is 3.07. The zero-order valence-corrected chi connectivity index (χ0v) is 19.0. The van der Waals surface area contributed by atoms with E-state index in [1.807, 2.05) is 37.3 Å². The van der Waals surface area contributed by atoms with Crippen molar-refractivity contribution in [3.63, 3.8) is 0 Å². The van der Waals surface area contributed by atoms with E-state index in [2.05, 4.69) is 46.8 Å². The zero-order chi connectivity index (χ0) is 22.2. The van der Waals surface area contributed by atoms with E-state index in [1.165, 1.54) is 22.5 Å². The minimum atomic E-state index is -0.206. The summed E-state index contributed by atoms with van der Waals surface area (Å²) in [7, 11) is 1.73. The van der Waals surface area contributed by atoms with Gasteiger partial charge in [0.05, 0.1) is 5.69 Å². The molecular formula is C24H28N4O2S. The first kappa shape index (κ1) is 22.5. The summed E-state index contributed by atoms with van der Waals surface area (Å²) in [5.74, 6) is -0.165. The lowest BCUT2D eigenvalue weighted by atomic mass is 10.1. The molecule has 31 heavy (non-hydrogen) atoms. The van der Waals surface area contributed by atoms with E-state index in [9.17, 15) is 9.59 Å². The number of hydrogen-bond donors (Lipinski definition) is 2. The van der Waals surface area contributed by atoms with Gasteiger partial charge in [0.2, 0.25) is 5.91 Å². The van der Waals surface area contributed by atoms with E-state index in [0.29, 0.717) is 11.7 Å². The molecular weight excluding hydrogens is 408 g/mol. The van der Waals surface area contributed by atoms with Crippen LogP contribution in [0.2, 0.25) is 0 Å². The molecule has 162 valence electrons. The molecule has 1 aromatic heterocycles. The smallest absolute Gasteiger partial charge is 0.317 e. The number of benzene rings is 2. The first-order valence-corrected chi connectivity index (χ1v) is 11.1. The van der Waals surface area contributed by atoms with Crippen LogP contribution in [0.5, 0.6) is 0 Å². The number of nitrogens with one attached hydrogen (secondary N) is 2. The third-order valence-corrected chi connectivity index (χ3v) is 5.93. The Morgan fingerprint density at radius 1 is 1.00 bits per heavy atom. The highest BCUT2D eigenvalue weighted by Gasteiger charge is 2.13. The molecule has 7 heteroatoms. The lowest BCUT2D eigenvalue weighted by Gasteiger charge is -2.17. The van der Waals surface area contributed by atoms with E-state index in [-0.39, 0.29) is 24.9 Å². The number of anilines is 1. The SMILES string of the molecule is Cc1ccc(Cc2sc(NC(=O)CCNC(=O)N(C)Cc3ccccc3)nc2C)cc1. The van der Waals surface area contributed by atoms with Crippen LogP contribution in [0.1, 0.15) is 33.7 Å². The Bertz CT molecular complexity index is 1020. The molecule has 2 N–H and O–H groups in total. The molecule has 0 spiro atoms. The topological polar surface area (TPSA) is 74.3 Å². The van der Waals surface area contributed by atoms with Gasteiger partial charge in [0.15, 0.2) is 5.13 Å². The van der Waals surface area contributed by atoms with Crippen molar-refractivity contribution in [2.24, 2.45) is 0 Å². The summed E-state index contributed by atoms with van der Waals surface area (Å²) >= 11 is 1.49. The number of aryl methyl sites for hydroxylation is 2. The van der Waals surface area contributed by atoms with Gasteiger partial charge in [-0.25, -0.2) is 9.78 Å². The van der Waals surface area contributed by atoms with Crippen molar-refractivity contribution in [1.82, 2.24) is 15.2 Å². The predicted octanol–water partition coefficient (Wildman–Crippen LogP) is 4.52. The molecule has 0 aliphatic rings. The van der Waals surface area contributed by atoms with Crippen molar-refractivity contribution >= 4 is 28.4 Å². The number of carbonyl (C=O) groups excluding carboxylic acids is 2. The van der Waals surface area contributed by atoms with Crippen LogP contribution in [0.25, 0.3) is 0 Å². The van der Waals surface area contributed by atoms with E-state index in [1.54, 1.807) is 11.9 Å². The van der Waals surface area contributed by atoms with Crippen molar-refractivity contribution in [2.75, 3.05) is 18.9 Å². The number of hydrogen-bond acceptors (Lipinski definition) is 4. The van der Waals surface area contributed by atoms with Crippen molar-refractivity contribution in [1.29, 1.82) is 0 Å². The number of urea groups is 1. The van der Waals surface area contributed by atoms with Crippen LogP contribution in [0.15, 0.2) is 54.6 Å². The first-order valence-electron chi connectivity index (χ1n) is 10.3. The molecule has 0 radical (unpaired) electrons. The van der Waals surface area contributed by atoms with Crippen LogP contribution in [0, 0.1) is 13.8 Å². The Hall–Kier alpha value is -3.19. The van der Waals surface area contributed by atoms with Gasteiger partial charge in [-0.15, -0.1) is 11.3 Å². The highest BCUT2D eigenvalue weighted by atomic mass is 32.1. The predicted molar refractivity (Wildman–Crippen MR) is 125 cm³/mol. The van der Waals surface area contributed by atoms with Crippen molar-refractivity contribution < 1.29 is 9.59 Å². The number of aromatic nitrogens is 1. The Balaban J connectivity index is 1.43. The van der Waals surface area contributed by atoms with E-state index >= 15 is 0 Å². The zero-order valence-electron chi connectivity index (χ0n) is 18.1. The van der Waals surface area contributed by atoms with Crippen molar-refractivity contribution in [3.8, 4) is 0 Å². The molecule has 0 fully saturated rings. The van der Waals surface area contributed by atoms with E-state index in [0.717, 1.165) is 22.6 Å². The van der Waals surface area contributed by atoms with Gasteiger partial charge in [-0.3, -0.25) is 4.79 Å². The Morgan fingerprint density at radius 2 is 1.71 bits per heavy atom. The van der Waals surface area contributed by atoms with Gasteiger partial charge >= 0.3 is 6.03 Å². The van der Waals surface area contributed by atoms with Gasteiger partial charge in [-0.1, -0.05) is 60.2 Å². The van der Waals surface area contributed by atoms with Crippen molar-refractivity contribution in [2.45, 2.75) is 33.2 Å². The highest BCUT2D eigenvalue weighted by Crippen LogP contribution is 2.25. The second-order valence-electron chi connectivity index (χ2n) is 7.56. The monoisotopic (exact) mass is 436 g/mol. The average Bonchev–Trinajstić information content (AvgIpc) is 3.08. The summed E-state index contributed by atoms with van der Waals surface area (Å²) in [5, 5.41) is 6.22. The normalized spacial score (nSPS) is 10.5. The molecule has 6 nitrogen and oxygen atoms in total. The maximum atomic E-state index is 12.3. The molecule has 3 aromatic rings. The molecule has 0 bridgehead atoms. The van der Waals surface area contributed by atoms with Gasteiger partial charge in [-0.2, -0.15) is 0 Å². The average molecular weight is 437 g/mol. The fourth-order valence-corrected chi connectivity index (χ4v) is 4.08. The molecule has 2 aromatic carbocycles. The van der Waals surface area contributed by atoms with Crippen LogP contribution in [0.4, 0.5) is 9.93 Å². The maximum Gasteiger partial charge on any atom is 0.317 e. The molecule has 0 aliphatic carbocycles. The number of carbonyl (C=O) groups is 2. The van der Waals surface area contributed by atoms with Crippen LogP contribution in [0.3, 0.4) is 0 Å². The first-order chi connectivity index (χ1) is 14.9. The molecule has 0 atom stereocenters. The molecule has 1 heterocycles. The van der Waals surface area contributed by atoms with Gasteiger partial charge in [0.25, 0.3) is 0 Å². The minimum Gasteiger partial charge on any atom is -0.337 e. The summed E-state index contributed by atoms with van der Waals surface area (Å²) in [4.78, 5) is 31.7. The van der Waals surface area contributed by atoms with Gasteiger partial charge in [0, 0.05) is 37.9 Å². The number of thiazole rings is 1. The third-order valence-electron chi connectivity index (χ3n) is 4.86. The van der Waals surface area contributed by atoms with Crippen LogP contribution in [-0.4, -0.2) is 35.4 Å². The van der Waals surface area contributed by atoms with Crippen molar-refractivity contribution in [3.05, 3.63) is 81.9 Å². The summed E-state index contributed by atoms with van der Waals surface area (Å²) in [6.07, 6.45) is 0.986. The quantitative estimate of drug-likeness (QED) is 0.545. The molecule has 3 rings (SSSR count). The largest absolute Gasteiger partial charge is 0.337 e. The Labute approximate surface area is 187 Å². The van der Waals surface area contributed by atoms with Gasteiger partial charge < -0.3 is 15.5 Å². The number of nitrogens with zero attached hydrogens (tertiary/aromatic N) is 2. The summed E-state index contributed by atoms with van der Waals surface area (Å²) in [5.41, 5.74) is 4.43. The maximum absolute atomic E-state index is 12.3. The third kappa shape index (κ3) is 6.93. The molecule has 0 saturated heterocycles. The van der Waals surface area contributed by atoms with Gasteiger partial charge in [-0.05, 0) is 25.0 Å². The van der Waals surface area contributed by atoms with Crippen LogP contribution < -0.4 is 10.6 Å². The second kappa shape index (κ2) is 10.7. The lowest BCUT2D eigenvalue weighted by molar-refractivity contribution is -0.116. The van der Waals surface area contributed by atoms with Gasteiger partial charge in [0.1, 0.15) is 0 Å². The Morgan fingerprint density at radius 3 is 2.42 bits per heavy atom. The van der Waals surface area contributed by atoms with Crippen LogP contribution >= 0.6 is 11.3 Å². The molecule has 0 unspecified atom stereocenters. The standard InChI is InChI=1S/C24H28N4O2S/c1-17-9-11-19(12-10-17)15-21-18(2)26-23(31-21)27-22(29)13-14-25-24(30)28(3)16-20-7-5-4-6-8-20/h4-12H,13-16H2,1-3H3,(H,25,30)(H,26,27,29). The Kier molecular flexibility index (Phi) is 7.78. The molecule has 0 aliphatic heterocycles. The lowest BCUT2D eigenvalue weighted by Crippen LogP contribution is -2.38. The fraction of sp³-hybridized carbons (Fsp3) is 0.292. The summed E-state index contributed by atoms with van der Waals surface area (Å²) < 4.78 is 0. The summed E-state index contributed by atoms with van der Waals surface area (Å²) in [6, 6.07) is 18.0. The van der Waals surface area contributed by atoms with Crippen LogP contribution in [-0.2, 0) is 17.8 Å². The van der Waals surface area contributed by atoms with E-state index < -0.39 is 0 Å². The second-order valence-corrected chi connectivity index (χ2v) is 8.65. The number of rotatable bonds is 8. The highest BCUT2D eigenvalue weighted by molar-refractivity contribution is 7.15. The van der Waals surface area contributed by atoms with E-state index in [4.69, 9.17) is 0 Å². The minimum absolute atomic E-state index is 0.165. The summed E-state index contributed by atoms with van der Waals surface area (Å²) in [6.45, 7) is 4.81.